The molecule has 2 fully saturated rings. The van der Waals surface area contributed by atoms with Crippen molar-refractivity contribution in [2.75, 3.05) is 33.2 Å². The van der Waals surface area contributed by atoms with Crippen molar-refractivity contribution in [3.63, 3.8) is 0 Å². The Labute approximate surface area is 105 Å². The topological polar surface area (TPSA) is 17.3 Å². The first-order valence-corrected chi connectivity index (χ1v) is 5.75. The zero-order valence-electron chi connectivity index (χ0n) is 9.66. The Bertz CT molecular complexity index is 119. The van der Waals surface area contributed by atoms with Crippen LogP contribution in [0.25, 0.3) is 5.32 Å². The van der Waals surface area contributed by atoms with Gasteiger partial charge in [-0.05, 0) is 39.4 Å². The van der Waals surface area contributed by atoms with E-state index in [0.717, 1.165) is 19.4 Å². The van der Waals surface area contributed by atoms with Crippen molar-refractivity contribution in [2.24, 2.45) is 0 Å². The van der Waals surface area contributed by atoms with Gasteiger partial charge in [0.05, 0.1) is 6.17 Å². The van der Waals surface area contributed by atoms with E-state index >= 15 is 0 Å². The molecule has 2 aliphatic heterocycles. The molecule has 2 nitrogen and oxygen atoms in total. The van der Waals surface area contributed by atoms with Gasteiger partial charge in [-0.1, -0.05) is 12.8 Å². The van der Waals surface area contributed by atoms with Gasteiger partial charge in [0, 0.05) is 18.6 Å². The summed E-state index contributed by atoms with van der Waals surface area (Å²) in [6.45, 7) is 3.96. The molecular weight excluding hydrogens is 230 g/mol. The number of hydrogen-bond donors (Lipinski definition) is 0. The summed E-state index contributed by atoms with van der Waals surface area (Å²) in [6.07, 6.45) is 5.32. The van der Waals surface area contributed by atoms with Gasteiger partial charge in [-0.15, -0.1) is 13.1 Å². The summed E-state index contributed by atoms with van der Waals surface area (Å²) in [5.41, 5.74) is 0. The largest absolute Gasteiger partial charge is 0.660 e. The first kappa shape index (κ1) is 15.4. The van der Waals surface area contributed by atoms with E-state index in [-0.39, 0.29) is 18.6 Å². The number of nitrogens with zero attached hydrogens (tertiary/aromatic N) is 2. The predicted molar refractivity (Wildman–Crippen MR) is 58.6 cm³/mol. The fourth-order valence-electron chi connectivity index (χ4n) is 1.80. The van der Waals surface area contributed by atoms with Crippen LogP contribution in [0.15, 0.2) is 0 Å². The molecule has 2 aliphatic rings. The van der Waals surface area contributed by atoms with Crippen molar-refractivity contribution in [1.29, 1.82) is 0 Å². The average molecular weight is 252 g/mol. The molecule has 0 amide bonds. The third-order valence-electron chi connectivity index (χ3n) is 2.74. The van der Waals surface area contributed by atoms with Gasteiger partial charge in [0.1, 0.15) is 0 Å². The molecule has 4 heteroatoms. The average Bonchev–Trinajstić information content (AvgIpc) is 2.21. The van der Waals surface area contributed by atoms with Gasteiger partial charge in [0.25, 0.3) is 0 Å². The quantitative estimate of drug-likeness (QED) is 0.647. The van der Waals surface area contributed by atoms with E-state index in [1.54, 1.807) is 0 Å². The molecule has 0 aliphatic carbocycles. The van der Waals surface area contributed by atoms with Gasteiger partial charge in [-0.3, -0.25) is 0 Å². The van der Waals surface area contributed by atoms with Crippen LogP contribution in [0.3, 0.4) is 0 Å². The zero-order chi connectivity index (χ0) is 10.2. The molecule has 0 aromatic rings. The van der Waals surface area contributed by atoms with Crippen molar-refractivity contribution in [1.82, 2.24) is 4.90 Å². The number of alkyl halides is 1. The summed E-state index contributed by atoms with van der Waals surface area (Å²) in [7, 11) is 2.19. The van der Waals surface area contributed by atoms with E-state index in [1.165, 1.54) is 32.4 Å². The Balaban J connectivity index is 0.000000245. The van der Waals surface area contributed by atoms with Crippen LogP contribution < -0.4 is 0 Å². The van der Waals surface area contributed by atoms with Gasteiger partial charge in [0.2, 0.25) is 0 Å². The fraction of sp³-hybridized carbons (Fsp3) is 1.00. The third kappa shape index (κ3) is 8.26. The maximum atomic E-state index is 12.1. The van der Waals surface area contributed by atoms with Crippen molar-refractivity contribution in [2.45, 2.75) is 38.3 Å². The van der Waals surface area contributed by atoms with Crippen molar-refractivity contribution in [3.8, 4) is 0 Å². The van der Waals surface area contributed by atoms with Crippen LogP contribution in [0.5, 0.6) is 0 Å². The van der Waals surface area contributed by atoms with Gasteiger partial charge in [-0.25, -0.2) is 4.39 Å². The first-order chi connectivity index (χ1) is 6.79. The summed E-state index contributed by atoms with van der Waals surface area (Å²) in [6, 6.07) is 0. The number of piperidine rings is 2. The second-order valence-electron chi connectivity index (χ2n) is 4.23. The van der Waals surface area contributed by atoms with Gasteiger partial charge < -0.3 is 10.2 Å². The molecule has 15 heavy (non-hydrogen) atoms. The smallest absolute Gasteiger partial charge is 0.0814 e. The monoisotopic (exact) mass is 252 g/mol. The van der Waals surface area contributed by atoms with Crippen LogP contribution in [-0.4, -0.2) is 44.3 Å². The molecule has 0 bridgehead atoms. The predicted octanol–water partition coefficient (Wildman–Crippen LogP) is 2.59. The molecule has 89 valence electrons. The van der Waals surface area contributed by atoms with Crippen molar-refractivity contribution in [3.05, 3.63) is 5.32 Å². The van der Waals surface area contributed by atoms with Crippen LogP contribution in [0.2, 0.25) is 0 Å². The van der Waals surface area contributed by atoms with E-state index in [0.29, 0.717) is 6.54 Å². The Hall–Kier alpha value is 0.434. The SMILES string of the molecule is CN1CCCCC1.FC1CCC[N-]C1.[V]. The number of hydrogen-bond acceptors (Lipinski definition) is 1. The summed E-state index contributed by atoms with van der Waals surface area (Å²) in [4.78, 5) is 2.39. The van der Waals surface area contributed by atoms with Crippen LogP contribution in [0.4, 0.5) is 4.39 Å². The number of rotatable bonds is 0. The van der Waals surface area contributed by atoms with Gasteiger partial charge in [-0.2, -0.15) is 0 Å². The molecule has 1 radical (unpaired) electrons. The van der Waals surface area contributed by atoms with Crippen LogP contribution >= 0.6 is 0 Å². The molecule has 2 rings (SSSR count). The van der Waals surface area contributed by atoms with Crippen LogP contribution in [-0.2, 0) is 18.6 Å². The molecule has 0 N–H and O–H groups in total. The third-order valence-corrected chi connectivity index (χ3v) is 2.74. The molecule has 0 aromatic heterocycles. The number of halogens is 1. The molecule has 1 unspecified atom stereocenters. The van der Waals surface area contributed by atoms with E-state index < -0.39 is 6.17 Å². The Morgan fingerprint density at radius 1 is 1.13 bits per heavy atom. The van der Waals surface area contributed by atoms with E-state index in [2.05, 4.69) is 17.3 Å². The fourth-order valence-corrected chi connectivity index (χ4v) is 1.80. The van der Waals surface area contributed by atoms with Crippen LogP contribution in [0, 0.1) is 0 Å². The van der Waals surface area contributed by atoms with Gasteiger partial charge in [0.15, 0.2) is 0 Å². The minimum absolute atomic E-state index is 0. The zero-order valence-corrected chi connectivity index (χ0v) is 11.1. The summed E-state index contributed by atoms with van der Waals surface area (Å²) in [5, 5.41) is 3.88. The minimum Gasteiger partial charge on any atom is -0.660 e. The summed E-state index contributed by atoms with van der Waals surface area (Å²) < 4.78 is 12.1. The summed E-state index contributed by atoms with van der Waals surface area (Å²) in [5.74, 6) is 0. The second-order valence-corrected chi connectivity index (χ2v) is 4.23. The Kier molecular flexibility index (Phi) is 9.92. The molecule has 0 spiro atoms. The molecule has 0 aromatic carbocycles. The van der Waals surface area contributed by atoms with Crippen LogP contribution in [0.1, 0.15) is 32.1 Å². The molecule has 2 saturated heterocycles. The van der Waals surface area contributed by atoms with Gasteiger partial charge >= 0.3 is 0 Å². The molecule has 2 heterocycles. The molecular formula is C11H22FN2V-. The maximum absolute atomic E-state index is 12.1. The maximum Gasteiger partial charge on any atom is 0.0814 e. The first-order valence-electron chi connectivity index (χ1n) is 5.75. The van der Waals surface area contributed by atoms with Crippen molar-refractivity contribution < 1.29 is 22.9 Å². The molecule has 0 saturated carbocycles. The normalized spacial score (nSPS) is 27.2. The molecule has 1 atom stereocenters. The second kappa shape index (κ2) is 9.65. The summed E-state index contributed by atoms with van der Waals surface area (Å²) >= 11 is 0. The Morgan fingerprint density at radius 2 is 1.80 bits per heavy atom. The van der Waals surface area contributed by atoms with E-state index in [4.69, 9.17) is 0 Å². The van der Waals surface area contributed by atoms with E-state index in [1.807, 2.05) is 0 Å². The number of likely N-dealkylation sites (tertiary alicyclic amines) is 1. The van der Waals surface area contributed by atoms with Crippen molar-refractivity contribution >= 4 is 0 Å². The Morgan fingerprint density at radius 3 is 2.07 bits per heavy atom. The standard InChI is InChI=1S/C6H13N.C5H9FN.V/c1-7-5-3-2-4-6-7;6-5-2-1-3-7-4-5;/h2-6H2,1H3;5H,1-4H2;/q;-1;. The minimum atomic E-state index is -0.631. The van der Waals surface area contributed by atoms with E-state index in [9.17, 15) is 4.39 Å².